The number of aliphatic carboxylic acids is 1. The standard InChI is InChI=1S/C15H15ClN2O3/c16-10-1-2-11-12(3-6-17-13(11)9-10)18-15(14(19)20)4-7-21-8-5-15/h1-3,6,9H,4-5,7-8H2,(H,17,18)(H,19,20). The van der Waals surface area contributed by atoms with E-state index in [9.17, 15) is 9.90 Å². The first-order valence-corrected chi connectivity index (χ1v) is 7.12. The minimum Gasteiger partial charge on any atom is -0.480 e. The molecule has 3 rings (SSSR count). The highest BCUT2D eigenvalue weighted by molar-refractivity contribution is 6.31. The molecule has 5 nitrogen and oxygen atoms in total. The van der Waals surface area contributed by atoms with Gasteiger partial charge in [-0.15, -0.1) is 0 Å². The van der Waals surface area contributed by atoms with Crippen LogP contribution in [0.15, 0.2) is 30.5 Å². The van der Waals surface area contributed by atoms with Crippen molar-refractivity contribution in [3.05, 3.63) is 35.5 Å². The molecule has 2 aromatic rings. The Bertz CT molecular complexity index is 684. The van der Waals surface area contributed by atoms with Crippen LogP contribution in [0.5, 0.6) is 0 Å². The number of nitrogens with one attached hydrogen (secondary N) is 1. The lowest BCUT2D eigenvalue weighted by atomic mass is 9.89. The third kappa shape index (κ3) is 2.66. The van der Waals surface area contributed by atoms with Crippen LogP contribution in [0.3, 0.4) is 0 Å². The molecule has 21 heavy (non-hydrogen) atoms. The molecule has 0 aliphatic carbocycles. The van der Waals surface area contributed by atoms with E-state index in [1.165, 1.54) is 0 Å². The van der Waals surface area contributed by atoms with Crippen molar-refractivity contribution in [2.75, 3.05) is 18.5 Å². The Morgan fingerprint density at radius 2 is 2.10 bits per heavy atom. The number of carbonyl (C=O) groups is 1. The van der Waals surface area contributed by atoms with Crippen molar-refractivity contribution < 1.29 is 14.6 Å². The van der Waals surface area contributed by atoms with Gasteiger partial charge in [0.2, 0.25) is 0 Å². The van der Waals surface area contributed by atoms with Gasteiger partial charge in [-0.05, 0) is 24.3 Å². The molecule has 0 saturated carbocycles. The third-order valence-electron chi connectivity index (χ3n) is 3.83. The largest absolute Gasteiger partial charge is 0.480 e. The lowest BCUT2D eigenvalue weighted by molar-refractivity contribution is -0.145. The van der Waals surface area contributed by atoms with Crippen LogP contribution < -0.4 is 5.32 Å². The summed E-state index contributed by atoms with van der Waals surface area (Å²) in [6.45, 7) is 0.877. The second kappa shape index (κ2) is 5.50. The average Bonchev–Trinajstić information content (AvgIpc) is 2.48. The molecule has 1 aliphatic rings. The number of benzene rings is 1. The Hall–Kier alpha value is -1.85. The van der Waals surface area contributed by atoms with Gasteiger partial charge in [0.25, 0.3) is 0 Å². The molecule has 110 valence electrons. The third-order valence-corrected chi connectivity index (χ3v) is 4.07. The maximum atomic E-state index is 11.7. The summed E-state index contributed by atoms with van der Waals surface area (Å²) < 4.78 is 5.28. The topological polar surface area (TPSA) is 71.5 Å². The summed E-state index contributed by atoms with van der Waals surface area (Å²) in [4.78, 5) is 16.0. The first kappa shape index (κ1) is 14.1. The molecule has 0 bridgehead atoms. The summed E-state index contributed by atoms with van der Waals surface area (Å²) in [5.74, 6) is -0.857. The van der Waals surface area contributed by atoms with Crippen LogP contribution in [0, 0.1) is 0 Å². The number of hydrogen-bond acceptors (Lipinski definition) is 4. The fourth-order valence-corrected chi connectivity index (χ4v) is 2.77. The van der Waals surface area contributed by atoms with Gasteiger partial charge in [0.1, 0.15) is 5.54 Å². The van der Waals surface area contributed by atoms with E-state index in [0.717, 1.165) is 16.6 Å². The predicted molar refractivity (Wildman–Crippen MR) is 80.8 cm³/mol. The summed E-state index contributed by atoms with van der Waals surface area (Å²) >= 11 is 5.97. The van der Waals surface area contributed by atoms with Crippen molar-refractivity contribution in [1.29, 1.82) is 0 Å². The smallest absolute Gasteiger partial charge is 0.329 e. The first-order chi connectivity index (χ1) is 10.1. The average molecular weight is 307 g/mol. The monoisotopic (exact) mass is 306 g/mol. The van der Waals surface area contributed by atoms with Crippen molar-refractivity contribution in [3.63, 3.8) is 0 Å². The second-order valence-corrected chi connectivity index (χ2v) is 5.58. The molecule has 1 aromatic carbocycles. The van der Waals surface area contributed by atoms with Crippen molar-refractivity contribution in [2.45, 2.75) is 18.4 Å². The molecule has 0 radical (unpaired) electrons. The minimum atomic E-state index is -0.994. The minimum absolute atomic E-state index is 0.430. The molecule has 0 atom stereocenters. The molecule has 0 amide bonds. The molecular formula is C15H15ClN2O3. The number of ether oxygens (including phenoxy) is 1. The molecule has 2 N–H and O–H groups in total. The zero-order chi connectivity index (χ0) is 14.9. The number of hydrogen-bond donors (Lipinski definition) is 2. The highest BCUT2D eigenvalue weighted by Gasteiger charge is 2.40. The molecular weight excluding hydrogens is 292 g/mol. The molecule has 2 heterocycles. The van der Waals surface area contributed by atoms with Crippen LogP contribution in [-0.2, 0) is 9.53 Å². The summed E-state index contributed by atoms with van der Waals surface area (Å²) in [5.41, 5.74) is 0.493. The number of carboxylic acids is 1. The van der Waals surface area contributed by atoms with Crippen LogP contribution in [0.2, 0.25) is 5.02 Å². The van der Waals surface area contributed by atoms with Gasteiger partial charge in [0.05, 0.1) is 5.52 Å². The zero-order valence-electron chi connectivity index (χ0n) is 11.3. The number of nitrogens with zero attached hydrogens (tertiary/aromatic N) is 1. The SMILES string of the molecule is O=C(O)C1(Nc2ccnc3cc(Cl)ccc23)CCOCC1. The van der Waals surface area contributed by atoms with E-state index in [-0.39, 0.29) is 0 Å². The van der Waals surface area contributed by atoms with Gasteiger partial charge in [0.15, 0.2) is 0 Å². The number of pyridine rings is 1. The number of anilines is 1. The lowest BCUT2D eigenvalue weighted by Crippen LogP contribution is -2.50. The number of aromatic nitrogens is 1. The summed E-state index contributed by atoms with van der Waals surface area (Å²) in [5, 5.41) is 14.3. The molecule has 1 aliphatic heterocycles. The Morgan fingerprint density at radius 1 is 1.33 bits per heavy atom. The van der Waals surface area contributed by atoms with E-state index in [0.29, 0.717) is 31.1 Å². The van der Waals surface area contributed by atoms with Crippen molar-refractivity contribution in [3.8, 4) is 0 Å². The predicted octanol–water partition coefficient (Wildman–Crippen LogP) is 2.93. The normalized spacial score (nSPS) is 17.6. The van der Waals surface area contributed by atoms with Gasteiger partial charge in [-0.1, -0.05) is 11.6 Å². The second-order valence-electron chi connectivity index (χ2n) is 5.14. The molecule has 1 fully saturated rings. The number of carboxylic acid groups (broad SMARTS) is 1. The Morgan fingerprint density at radius 3 is 2.81 bits per heavy atom. The van der Waals surface area contributed by atoms with E-state index in [1.54, 1.807) is 24.4 Å². The molecule has 1 aromatic heterocycles. The Balaban J connectivity index is 2.02. The van der Waals surface area contributed by atoms with Crippen molar-refractivity contribution >= 4 is 34.2 Å². The number of fused-ring (bicyclic) bond motifs is 1. The van der Waals surface area contributed by atoms with E-state index in [4.69, 9.17) is 16.3 Å². The van der Waals surface area contributed by atoms with Crippen LogP contribution in [0.1, 0.15) is 12.8 Å². The number of rotatable bonds is 3. The van der Waals surface area contributed by atoms with Crippen LogP contribution in [0.4, 0.5) is 5.69 Å². The van der Waals surface area contributed by atoms with E-state index in [1.807, 2.05) is 6.07 Å². The van der Waals surface area contributed by atoms with Gasteiger partial charge < -0.3 is 15.2 Å². The summed E-state index contributed by atoms with van der Waals surface area (Å²) in [6, 6.07) is 7.17. The van der Waals surface area contributed by atoms with Gasteiger partial charge in [-0.2, -0.15) is 0 Å². The van der Waals surface area contributed by atoms with Gasteiger partial charge in [-0.3, -0.25) is 4.98 Å². The highest BCUT2D eigenvalue weighted by Crippen LogP contribution is 2.31. The van der Waals surface area contributed by atoms with Gasteiger partial charge >= 0.3 is 5.97 Å². The Kier molecular flexibility index (Phi) is 3.69. The van der Waals surface area contributed by atoms with E-state index < -0.39 is 11.5 Å². The van der Waals surface area contributed by atoms with Gasteiger partial charge in [-0.25, -0.2) is 4.79 Å². The van der Waals surface area contributed by atoms with Crippen molar-refractivity contribution in [1.82, 2.24) is 4.98 Å². The van der Waals surface area contributed by atoms with E-state index >= 15 is 0 Å². The highest BCUT2D eigenvalue weighted by atomic mass is 35.5. The summed E-state index contributed by atoms with van der Waals surface area (Å²) in [6.07, 6.45) is 2.51. The van der Waals surface area contributed by atoms with Crippen LogP contribution in [0.25, 0.3) is 10.9 Å². The van der Waals surface area contributed by atoms with Crippen LogP contribution >= 0.6 is 11.6 Å². The van der Waals surface area contributed by atoms with Crippen LogP contribution in [-0.4, -0.2) is 34.8 Å². The fourth-order valence-electron chi connectivity index (χ4n) is 2.60. The maximum absolute atomic E-state index is 11.7. The lowest BCUT2D eigenvalue weighted by Gasteiger charge is -2.35. The summed E-state index contributed by atoms with van der Waals surface area (Å²) in [7, 11) is 0. The number of halogens is 1. The zero-order valence-corrected chi connectivity index (χ0v) is 12.1. The molecule has 1 saturated heterocycles. The fraction of sp³-hybridized carbons (Fsp3) is 0.333. The molecule has 0 unspecified atom stereocenters. The quantitative estimate of drug-likeness (QED) is 0.912. The van der Waals surface area contributed by atoms with E-state index in [2.05, 4.69) is 10.3 Å². The first-order valence-electron chi connectivity index (χ1n) is 6.74. The molecule has 0 spiro atoms. The maximum Gasteiger partial charge on any atom is 0.329 e. The van der Waals surface area contributed by atoms with Gasteiger partial charge in [0, 0.05) is 48.3 Å². The van der Waals surface area contributed by atoms with Crippen molar-refractivity contribution in [2.24, 2.45) is 0 Å². The molecule has 6 heteroatoms. The Labute approximate surface area is 126 Å².